The number of aromatic nitrogens is 5. The summed E-state index contributed by atoms with van der Waals surface area (Å²) in [6.45, 7) is 0. The molecule has 6 heteroatoms. The molecule has 0 fully saturated rings. The fourth-order valence-electron chi connectivity index (χ4n) is 2.00. The summed E-state index contributed by atoms with van der Waals surface area (Å²) < 4.78 is 2.47. The summed E-state index contributed by atoms with van der Waals surface area (Å²) in [6.07, 6.45) is 7.61. The van der Waals surface area contributed by atoms with Crippen LogP contribution in [0, 0.1) is 4.64 Å². The van der Waals surface area contributed by atoms with Crippen molar-refractivity contribution in [3.05, 3.63) is 28.0 Å². The van der Waals surface area contributed by atoms with Gasteiger partial charge >= 0.3 is 0 Å². The van der Waals surface area contributed by atoms with Crippen LogP contribution in [-0.4, -0.2) is 24.6 Å². The highest BCUT2D eigenvalue weighted by Gasteiger charge is 2.12. The largest absolute Gasteiger partial charge is 0.262 e. The SMILES string of the molecule is S=c1nc2nc3c(n2c2[nH]ncc12)=CC=C3. The van der Waals surface area contributed by atoms with Gasteiger partial charge in [0.25, 0.3) is 0 Å². The zero-order valence-corrected chi connectivity index (χ0v) is 8.82. The van der Waals surface area contributed by atoms with Gasteiger partial charge in [0.1, 0.15) is 10.3 Å². The number of allylic oxidation sites excluding steroid dienone is 1. The number of nitrogens with zero attached hydrogens (tertiary/aromatic N) is 4. The van der Waals surface area contributed by atoms with Gasteiger partial charge in [0.15, 0.2) is 0 Å². The zero-order chi connectivity index (χ0) is 10.7. The lowest BCUT2D eigenvalue weighted by Crippen LogP contribution is -2.10. The van der Waals surface area contributed by atoms with Gasteiger partial charge in [-0.3, -0.25) is 9.50 Å². The third-order valence-electron chi connectivity index (χ3n) is 2.71. The molecule has 0 saturated carbocycles. The Balaban J connectivity index is 2.46. The molecule has 5 nitrogen and oxygen atoms in total. The van der Waals surface area contributed by atoms with Gasteiger partial charge in [-0.15, -0.1) is 0 Å². The van der Waals surface area contributed by atoms with Crippen LogP contribution in [0.25, 0.3) is 29.0 Å². The first-order chi connectivity index (χ1) is 7.84. The third-order valence-corrected chi connectivity index (χ3v) is 3.02. The molecule has 1 aliphatic rings. The summed E-state index contributed by atoms with van der Waals surface area (Å²) in [6, 6.07) is 0. The molecule has 0 amide bonds. The van der Waals surface area contributed by atoms with Gasteiger partial charge in [-0.25, -0.2) is 9.97 Å². The molecule has 0 aliphatic heterocycles. The van der Waals surface area contributed by atoms with E-state index in [-0.39, 0.29) is 0 Å². The van der Waals surface area contributed by atoms with Crippen LogP contribution in [0.15, 0.2) is 12.3 Å². The second-order valence-corrected chi connectivity index (χ2v) is 3.98. The van der Waals surface area contributed by atoms with Gasteiger partial charge in [-0.2, -0.15) is 5.10 Å². The van der Waals surface area contributed by atoms with Crippen LogP contribution in [0.3, 0.4) is 0 Å². The molecule has 3 heterocycles. The predicted octanol–water partition coefficient (Wildman–Crippen LogP) is 0.861. The maximum absolute atomic E-state index is 5.19. The average Bonchev–Trinajstić information content (AvgIpc) is 2.87. The highest BCUT2D eigenvalue weighted by molar-refractivity contribution is 7.71. The third kappa shape index (κ3) is 0.809. The van der Waals surface area contributed by atoms with E-state index in [1.165, 1.54) is 0 Å². The van der Waals surface area contributed by atoms with Crippen molar-refractivity contribution in [3.8, 4) is 0 Å². The molecule has 1 aliphatic carbocycles. The fourth-order valence-corrected chi connectivity index (χ4v) is 2.23. The molecular formula is C10H5N5S. The summed E-state index contributed by atoms with van der Waals surface area (Å²) in [5.41, 5.74) is 1.77. The van der Waals surface area contributed by atoms with E-state index < -0.39 is 0 Å². The van der Waals surface area contributed by atoms with Gasteiger partial charge in [0, 0.05) is 0 Å². The van der Waals surface area contributed by atoms with E-state index in [1.807, 2.05) is 22.6 Å². The maximum atomic E-state index is 5.19. The van der Waals surface area contributed by atoms with Crippen LogP contribution < -0.4 is 5.35 Å². The highest BCUT2D eigenvalue weighted by atomic mass is 32.1. The Morgan fingerprint density at radius 3 is 3.19 bits per heavy atom. The van der Waals surface area contributed by atoms with Crippen LogP contribution in [0.5, 0.6) is 0 Å². The Morgan fingerprint density at radius 1 is 1.31 bits per heavy atom. The van der Waals surface area contributed by atoms with Crippen molar-refractivity contribution in [1.29, 1.82) is 0 Å². The number of fused-ring (bicyclic) bond motifs is 5. The number of imidazole rings is 1. The van der Waals surface area contributed by atoms with Gasteiger partial charge in [0.2, 0.25) is 5.78 Å². The second kappa shape index (κ2) is 2.53. The average molecular weight is 227 g/mol. The monoisotopic (exact) mass is 227 g/mol. The van der Waals surface area contributed by atoms with Crippen molar-refractivity contribution >= 4 is 41.2 Å². The van der Waals surface area contributed by atoms with Gasteiger partial charge in [-0.1, -0.05) is 18.3 Å². The molecule has 0 bridgehead atoms. The quantitative estimate of drug-likeness (QED) is 0.579. The topological polar surface area (TPSA) is 58.9 Å². The minimum atomic E-state index is 0.531. The lowest BCUT2D eigenvalue weighted by atomic mass is 10.4. The molecule has 4 rings (SSSR count). The molecule has 0 aromatic carbocycles. The molecule has 76 valence electrons. The number of aromatic amines is 1. The summed E-state index contributed by atoms with van der Waals surface area (Å²) in [4.78, 5) is 8.70. The lowest BCUT2D eigenvalue weighted by molar-refractivity contribution is 1.05. The zero-order valence-electron chi connectivity index (χ0n) is 8.01. The Labute approximate surface area is 94.1 Å². The Bertz CT molecular complexity index is 870. The van der Waals surface area contributed by atoms with Crippen LogP contribution in [-0.2, 0) is 0 Å². The van der Waals surface area contributed by atoms with Crippen LogP contribution in [0.1, 0.15) is 5.69 Å². The van der Waals surface area contributed by atoms with E-state index in [0.29, 0.717) is 10.4 Å². The smallest absolute Gasteiger partial charge is 0.237 e. The molecule has 0 unspecified atom stereocenters. The van der Waals surface area contributed by atoms with Crippen LogP contribution in [0.2, 0.25) is 0 Å². The molecule has 0 spiro atoms. The van der Waals surface area contributed by atoms with E-state index in [2.05, 4.69) is 20.2 Å². The molecule has 16 heavy (non-hydrogen) atoms. The molecule has 0 saturated heterocycles. The van der Waals surface area contributed by atoms with Crippen molar-refractivity contribution < 1.29 is 0 Å². The minimum absolute atomic E-state index is 0.531. The van der Waals surface area contributed by atoms with E-state index >= 15 is 0 Å². The number of nitrogens with one attached hydrogen (secondary N) is 1. The van der Waals surface area contributed by atoms with Crippen molar-refractivity contribution in [2.75, 3.05) is 0 Å². The molecular weight excluding hydrogens is 222 g/mol. The standard InChI is InChI=1S/C10H5N5S/c16-9-5-4-11-14-8(5)15-7-3-1-2-6(7)12-10(15)13-9/h1-4H,(H,11,14). The second-order valence-electron chi connectivity index (χ2n) is 3.59. The first-order valence-corrected chi connectivity index (χ1v) is 5.19. The predicted molar refractivity (Wildman–Crippen MR) is 62.2 cm³/mol. The minimum Gasteiger partial charge on any atom is -0.262 e. The Morgan fingerprint density at radius 2 is 2.25 bits per heavy atom. The Kier molecular flexibility index (Phi) is 1.29. The number of rotatable bonds is 0. The molecule has 3 aromatic heterocycles. The van der Waals surface area contributed by atoms with E-state index in [4.69, 9.17) is 12.2 Å². The van der Waals surface area contributed by atoms with Crippen molar-refractivity contribution in [2.45, 2.75) is 0 Å². The van der Waals surface area contributed by atoms with Crippen LogP contribution in [0.4, 0.5) is 0 Å². The molecule has 1 N–H and O–H groups in total. The highest BCUT2D eigenvalue weighted by Crippen LogP contribution is 2.13. The van der Waals surface area contributed by atoms with E-state index in [9.17, 15) is 0 Å². The molecule has 0 atom stereocenters. The Hall–Kier alpha value is -2.08. The normalized spacial score (nSPS) is 13.5. The van der Waals surface area contributed by atoms with Gasteiger partial charge in [0.05, 0.1) is 22.6 Å². The summed E-state index contributed by atoms with van der Waals surface area (Å²) in [5, 5.41) is 8.81. The van der Waals surface area contributed by atoms with Crippen LogP contribution >= 0.6 is 12.2 Å². The first kappa shape index (κ1) is 8.12. The lowest BCUT2D eigenvalue weighted by Gasteiger charge is -1.94. The van der Waals surface area contributed by atoms with E-state index in [0.717, 1.165) is 22.1 Å². The molecule has 0 radical (unpaired) electrons. The van der Waals surface area contributed by atoms with Crippen molar-refractivity contribution in [1.82, 2.24) is 24.6 Å². The number of H-pyrrole nitrogens is 1. The van der Waals surface area contributed by atoms with Crippen molar-refractivity contribution in [3.63, 3.8) is 0 Å². The number of hydrogen-bond donors (Lipinski definition) is 1. The summed E-state index contributed by atoms with van der Waals surface area (Å²) in [7, 11) is 0. The van der Waals surface area contributed by atoms with Gasteiger partial charge in [-0.05, 0) is 12.2 Å². The first-order valence-electron chi connectivity index (χ1n) is 4.78. The maximum Gasteiger partial charge on any atom is 0.237 e. The fraction of sp³-hybridized carbons (Fsp3) is 0. The van der Waals surface area contributed by atoms with E-state index in [1.54, 1.807) is 6.20 Å². The molecule has 3 aromatic rings. The van der Waals surface area contributed by atoms with Crippen molar-refractivity contribution in [2.24, 2.45) is 0 Å². The number of hydrogen-bond acceptors (Lipinski definition) is 4. The summed E-state index contributed by atoms with van der Waals surface area (Å²) in [5.74, 6) is 0.618. The summed E-state index contributed by atoms with van der Waals surface area (Å²) >= 11 is 5.19. The van der Waals surface area contributed by atoms with Gasteiger partial charge < -0.3 is 0 Å².